The van der Waals surface area contributed by atoms with Crippen LogP contribution in [0.3, 0.4) is 0 Å². The van der Waals surface area contributed by atoms with Gasteiger partial charge in [0.15, 0.2) is 49.6 Å². The van der Waals surface area contributed by atoms with Gasteiger partial charge in [0.05, 0.1) is 25.9 Å². The molecule has 3 fully saturated rings. The molecule has 0 amide bonds. The highest BCUT2D eigenvalue weighted by Crippen LogP contribution is 2.55. The molecule has 5 N–H and O–H groups in total. The molecular weight excluding hydrogens is 810 g/mol. The number of hydrogen-bond donors (Lipinski definition) is 4. The summed E-state index contributed by atoms with van der Waals surface area (Å²) in [5.41, 5.74) is 6.18. The van der Waals surface area contributed by atoms with Crippen LogP contribution in [-0.4, -0.2) is 111 Å². The fourth-order valence-corrected chi connectivity index (χ4v) is 10.6. The van der Waals surface area contributed by atoms with Crippen LogP contribution < -0.4 is 11.3 Å². The van der Waals surface area contributed by atoms with Gasteiger partial charge in [-0.3, -0.25) is 32.4 Å². The SMILES string of the molecule is CC(C)(C)[Si](C)(C)OC1[C@H]2OP(O)(=S)OC[C@H]3O[C@@H](n4cnc5c(N)ncnc54)[C@H](F)[C@@H]3OP(O)(=S)OC[C@H]1O[C@H]2n1cnc2c(=O)[nH]c3nccn3c21. The van der Waals surface area contributed by atoms with Gasteiger partial charge in [-0.1, -0.05) is 20.8 Å². The Labute approximate surface area is 316 Å². The molecule has 3 unspecified atom stereocenters. The van der Waals surface area contributed by atoms with Crippen molar-refractivity contribution in [3.8, 4) is 0 Å². The third-order valence-electron chi connectivity index (χ3n) is 10.1. The van der Waals surface area contributed by atoms with Gasteiger partial charge in [-0.25, -0.2) is 29.3 Å². The number of hydrogen-bond acceptors (Lipinski definition) is 16. The summed E-state index contributed by atoms with van der Waals surface area (Å²) in [5, 5.41) is -0.313. The lowest BCUT2D eigenvalue weighted by atomic mass is 10.1. The first-order chi connectivity index (χ1) is 25.3. The number of nitrogen functional groups attached to an aromatic ring is 1. The van der Waals surface area contributed by atoms with Gasteiger partial charge in [-0.2, -0.15) is 0 Å². The highest BCUT2D eigenvalue weighted by Gasteiger charge is 2.55. The number of nitrogens with zero attached hydrogens (tertiary/aromatic N) is 8. The van der Waals surface area contributed by atoms with Crippen LogP contribution in [0.5, 0.6) is 0 Å². The molecule has 3 saturated heterocycles. The molecule has 0 radical (unpaired) electrons. The highest BCUT2D eigenvalue weighted by atomic mass is 32.5. The van der Waals surface area contributed by atoms with E-state index in [1.807, 2.05) is 33.9 Å². The number of H-pyrrole nitrogens is 1. The van der Waals surface area contributed by atoms with E-state index in [0.717, 1.165) is 0 Å². The number of imidazole rings is 3. The number of aromatic amines is 1. The summed E-state index contributed by atoms with van der Waals surface area (Å²) < 4.78 is 64.2. The molecule has 3 aliphatic rings. The molecule has 0 aromatic carbocycles. The topological polar surface area (TPSA) is 243 Å². The van der Waals surface area contributed by atoms with Crippen LogP contribution >= 0.6 is 13.4 Å². The van der Waals surface area contributed by atoms with Crippen LogP contribution in [0.15, 0.2) is 36.2 Å². The lowest BCUT2D eigenvalue weighted by molar-refractivity contribution is -0.0602. The Hall–Kier alpha value is -2.67. The van der Waals surface area contributed by atoms with Gasteiger partial charge < -0.3 is 38.5 Å². The molecule has 26 heteroatoms. The van der Waals surface area contributed by atoms with E-state index in [0.29, 0.717) is 5.65 Å². The monoisotopic (exact) mass is 846 g/mol. The van der Waals surface area contributed by atoms with Crippen molar-refractivity contribution in [1.82, 2.24) is 43.4 Å². The standard InChI is InChI=1S/C28H37FN10O10P2S2Si/c1-28(2,3)54(4,5)49-19-14-9-44-50(41,52)47-18-13(45-25(15(18)29)38-11-34-16-21(30)32-10-33-22(16)38)8-43-51(42,53)48-20(19)26(46-14)39-12-35-17-23(40)36-27-31-6-7-37(27)24(17)39/h6-7,10-15,18-20,25-26H,8-9H2,1-5H3,(H,41,52)(H,42,53)(H2,30,32,33)(H,31,36,40)/t13-,14-,15-,18-,19?,20-,25-,26-,50?,51?/m1/s1. The van der Waals surface area contributed by atoms with Gasteiger partial charge in [0, 0.05) is 12.4 Å². The molecule has 8 heterocycles. The second-order valence-corrected chi connectivity index (χ2v) is 24.9. The van der Waals surface area contributed by atoms with E-state index in [2.05, 4.69) is 29.9 Å². The van der Waals surface area contributed by atoms with Crippen molar-refractivity contribution in [2.45, 2.75) is 88.1 Å². The number of nitrogens with one attached hydrogen (secondary N) is 1. The molecule has 10 atom stereocenters. The predicted octanol–water partition coefficient (Wildman–Crippen LogP) is 2.57. The van der Waals surface area contributed by atoms with Crippen molar-refractivity contribution in [3.63, 3.8) is 0 Å². The number of fused-ring (bicyclic) bond motifs is 7. The molecule has 8 rings (SSSR count). The van der Waals surface area contributed by atoms with E-state index in [1.165, 1.54) is 29.7 Å². The number of alkyl halides is 1. The first kappa shape index (κ1) is 38.2. The van der Waals surface area contributed by atoms with Crippen molar-refractivity contribution in [2.75, 3.05) is 18.9 Å². The average Bonchev–Trinajstić information content (AvgIpc) is 3.91. The Morgan fingerprint density at radius 2 is 1.61 bits per heavy atom. The Kier molecular flexibility index (Phi) is 9.54. The average molecular weight is 847 g/mol. The summed E-state index contributed by atoms with van der Waals surface area (Å²) in [5.74, 6) is 0.312. The minimum absolute atomic E-state index is 0.0670. The van der Waals surface area contributed by atoms with Gasteiger partial charge in [-0.15, -0.1) is 0 Å². The number of halogens is 1. The molecule has 0 saturated carbocycles. The molecule has 3 aliphatic heterocycles. The largest absolute Gasteiger partial charge is 0.408 e. The molecule has 2 bridgehead atoms. The summed E-state index contributed by atoms with van der Waals surface area (Å²) in [6.45, 7) is 0.587. The van der Waals surface area contributed by atoms with E-state index < -0.39 is 89.7 Å². The second-order valence-electron chi connectivity index (χ2n) is 14.6. The summed E-state index contributed by atoms with van der Waals surface area (Å²) in [4.78, 5) is 59.6. The van der Waals surface area contributed by atoms with Gasteiger partial charge in [0.25, 0.3) is 5.56 Å². The summed E-state index contributed by atoms with van der Waals surface area (Å²) in [6.07, 6.45) is -3.74. The van der Waals surface area contributed by atoms with Crippen molar-refractivity contribution >= 4 is 79.3 Å². The highest BCUT2D eigenvalue weighted by molar-refractivity contribution is 8.07. The number of anilines is 1. The molecule has 20 nitrogen and oxygen atoms in total. The molecule has 0 aliphatic carbocycles. The van der Waals surface area contributed by atoms with Crippen LogP contribution in [0.25, 0.3) is 28.1 Å². The third-order valence-corrected chi connectivity index (χ3v) is 17.7. The van der Waals surface area contributed by atoms with Crippen LogP contribution in [-0.2, 0) is 55.6 Å². The Balaban J connectivity index is 1.18. The Morgan fingerprint density at radius 3 is 2.33 bits per heavy atom. The van der Waals surface area contributed by atoms with E-state index in [-0.39, 0.29) is 33.3 Å². The first-order valence-electron chi connectivity index (χ1n) is 16.6. The number of aromatic nitrogens is 9. The minimum atomic E-state index is -4.28. The minimum Gasteiger partial charge on any atom is -0.408 e. The summed E-state index contributed by atoms with van der Waals surface area (Å²) >= 11 is 11.0. The molecule has 292 valence electrons. The van der Waals surface area contributed by atoms with Gasteiger partial charge in [0.1, 0.15) is 42.4 Å². The van der Waals surface area contributed by atoms with Crippen molar-refractivity contribution in [3.05, 3.63) is 41.7 Å². The second kappa shape index (κ2) is 13.5. The van der Waals surface area contributed by atoms with E-state index in [9.17, 15) is 14.6 Å². The Morgan fingerprint density at radius 1 is 0.963 bits per heavy atom. The number of nitrogens with two attached hydrogens (primary N) is 1. The maximum atomic E-state index is 16.4. The maximum absolute atomic E-state index is 16.4. The molecule has 5 aromatic rings. The van der Waals surface area contributed by atoms with Crippen molar-refractivity contribution < 1.29 is 46.2 Å². The molecule has 5 aromatic heterocycles. The smallest absolute Gasteiger partial charge is 0.325 e. The zero-order chi connectivity index (χ0) is 38.5. The van der Waals surface area contributed by atoms with Gasteiger partial charge >= 0.3 is 13.4 Å². The zero-order valence-electron chi connectivity index (χ0n) is 29.3. The normalized spacial score (nSPS) is 34.2. The zero-order valence-corrected chi connectivity index (χ0v) is 33.7. The number of rotatable bonds is 4. The first-order valence-corrected chi connectivity index (χ1v) is 24.7. The van der Waals surface area contributed by atoms with Crippen LogP contribution in [0, 0.1) is 0 Å². The van der Waals surface area contributed by atoms with Crippen LogP contribution in [0.2, 0.25) is 18.1 Å². The van der Waals surface area contributed by atoms with E-state index >= 15 is 4.39 Å². The fourth-order valence-electron chi connectivity index (χ4n) is 6.44. The van der Waals surface area contributed by atoms with Crippen molar-refractivity contribution in [2.24, 2.45) is 0 Å². The van der Waals surface area contributed by atoms with E-state index in [4.69, 9.17) is 61.3 Å². The van der Waals surface area contributed by atoms with Gasteiger partial charge in [0.2, 0.25) is 5.78 Å². The third kappa shape index (κ3) is 6.68. The summed E-state index contributed by atoms with van der Waals surface area (Å²) in [7, 11) is -2.67. The molecular formula is C28H37FN10O10P2S2Si. The van der Waals surface area contributed by atoms with Crippen LogP contribution in [0.1, 0.15) is 33.2 Å². The fraction of sp³-hybridized carbons (Fsp3) is 0.571. The maximum Gasteiger partial charge on any atom is 0.325 e. The lowest BCUT2D eigenvalue weighted by Gasteiger charge is -2.40. The molecule has 0 spiro atoms. The van der Waals surface area contributed by atoms with Crippen molar-refractivity contribution in [1.29, 1.82) is 0 Å². The number of ether oxygens (including phenoxy) is 2. The van der Waals surface area contributed by atoms with E-state index in [1.54, 1.807) is 15.2 Å². The predicted molar refractivity (Wildman–Crippen MR) is 198 cm³/mol. The molecule has 54 heavy (non-hydrogen) atoms. The lowest BCUT2D eigenvalue weighted by Crippen LogP contribution is -2.50. The van der Waals surface area contributed by atoms with Gasteiger partial charge in [-0.05, 0) is 41.7 Å². The van der Waals surface area contributed by atoms with Crippen LogP contribution in [0.4, 0.5) is 10.2 Å². The Bertz CT molecular complexity index is 2410. The summed E-state index contributed by atoms with van der Waals surface area (Å²) in [6, 6.07) is 0. The quantitative estimate of drug-likeness (QED) is 0.150.